The lowest BCUT2D eigenvalue weighted by Crippen LogP contribution is -1.95. The Labute approximate surface area is 150 Å². The van der Waals surface area contributed by atoms with Crippen LogP contribution in [-0.4, -0.2) is 21.9 Å². The fourth-order valence-corrected chi connectivity index (χ4v) is 2.95. The number of H-pyrrole nitrogens is 1. The lowest BCUT2D eigenvalue weighted by molar-refractivity contribution is 0.315. The van der Waals surface area contributed by atoms with Crippen LogP contribution in [0.2, 0.25) is 10.0 Å². The van der Waals surface area contributed by atoms with Crippen LogP contribution in [0.4, 0.5) is 0 Å². The Kier molecular flexibility index (Phi) is 4.97. The third-order valence-electron chi connectivity index (χ3n) is 3.57. The zero-order valence-electron chi connectivity index (χ0n) is 13.0. The molecular formula is C18H16Cl2N2O2. The Balaban J connectivity index is 2.01. The number of aromatic hydroxyl groups is 1. The van der Waals surface area contributed by atoms with Gasteiger partial charge >= 0.3 is 0 Å². The number of halogens is 2. The maximum absolute atomic E-state index is 10.4. The number of phenolic OH excluding ortho intramolecular Hbond substituents is 1. The molecule has 0 saturated carbocycles. The summed E-state index contributed by atoms with van der Waals surface area (Å²) in [6.07, 6.45) is 2.58. The van der Waals surface area contributed by atoms with E-state index in [0.717, 1.165) is 17.5 Å². The normalized spacial score (nSPS) is 10.8. The fraction of sp³-hybridized carbons (Fsp3) is 0.167. The number of hydrogen-bond acceptors (Lipinski definition) is 3. The molecule has 0 amide bonds. The number of hydrogen-bond donors (Lipinski definition) is 2. The molecule has 124 valence electrons. The van der Waals surface area contributed by atoms with E-state index < -0.39 is 0 Å². The first-order chi connectivity index (χ1) is 11.6. The number of phenols is 1. The van der Waals surface area contributed by atoms with Crippen molar-refractivity contribution in [1.82, 2.24) is 10.2 Å². The Hall–Kier alpha value is -2.17. The number of nitrogens with one attached hydrogen (secondary N) is 1. The molecule has 3 rings (SSSR count). The van der Waals surface area contributed by atoms with Crippen molar-refractivity contribution in [3.8, 4) is 33.9 Å². The highest BCUT2D eigenvalue weighted by molar-refractivity contribution is 6.36. The highest BCUT2D eigenvalue weighted by Crippen LogP contribution is 2.39. The summed E-state index contributed by atoms with van der Waals surface area (Å²) in [6.45, 7) is 2.63. The maximum atomic E-state index is 10.4. The van der Waals surface area contributed by atoms with E-state index >= 15 is 0 Å². The van der Waals surface area contributed by atoms with Crippen molar-refractivity contribution in [1.29, 1.82) is 0 Å². The Morgan fingerprint density at radius 1 is 1.08 bits per heavy atom. The SMILES string of the molecule is CCCOc1ccc(-c2[nH]ncc2-c2ccc(Cl)cc2Cl)c(O)c1. The number of nitrogens with zero attached hydrogens (tertiary/aromatic N) is 1. The molecule has 0 fully saturated rings. The van der Waals surface area contributed by atoms with Crippen LogP contribution in [0, 0.1) is 0 Å². The van der Waals surface area contributed by atoms with Gasteiger partial charge in [-0.3, -0.25) is 5.10 Å². The number of benzene rings is 2. The first-order valence-corrected chi connectivity index (χ1v) is 8.30. The van der Waals surface area contributed by atoms with Gasteiger partial charge in [0.1, 0.15) is 11.5 Å². The van der Waals surface area contributed by atoms with E-state index in [0.29, 0.717) is 33.7 Å². The standard InChI is InChI=1S/C18H16Cl2N2O2/c1-2-7-24-12-4-6-14(17(23)9-12)18-15(10-21-22-18)13-5-3-11(19)8-16(13)20/h3-6,8-10,23H,2,7H2,1H3,(H,21,22). The molecule has 0 aliphatic rings. The quantitative estimate of drug-likeness (QED) is 0.625. The summed E-state index contributed by atoms with van der Waals surface area (Å²) in [5.41, 5.74) is 2.88. The van der Waals surface area contributed by atoms with Crippen LogP contribution >= 0.6 is 23.2 Å². The number of aromatic nitrogens is 2. The average molecular weight is 363 g/mol. The Morgan fingerprint density at radius 2 is 1.88 bits per heavy atom. The number of aromatic amines is 1. The minimum Gasteiger partial charge on any atom is -0.507 e. The fourth-order valence-electron chi connectivity index (χ4n) is 2.44. The van der Waals surface area contributed by atoms with E-state index in [9.17, 15) is 5.11 Å². The molecule has 0 spiro atoms. The largest absolute Gasteiger partial charge is 0.507 e. The summed E-state index contributed by atoms with van der Waals surface area (Å²) in [7, 11) is 0. The Bertz CT molecular complexity index is 862. The van der Waals surface area contributed by atoms with Crippen molar-refractivity contribution < 1.29 is 9.84 Å². The van der Waals surface area contributed by atoms with Gasteiger partial charge < -0.3 is 9.84 Å². The van der Waals surface area contributed by atoms with Crippen LogP contribution in [0.1, 0.15) is 13.3 Å². The predicted octanol–water partition coefficient (Wildman–Crippen LogP) is 5.54. The molecule has 3 aromatic rings. The summed E-state index contributed by atoms with van der Waals surface area (Å²) >= 11 is 12.3. The van der Waals surface area contributed by atoms with Crippen molar-refractivity contribution >= 4 is 23.2 Å². The van der Waals surface area contributed by atoms with Gasteiger partial charge in [0.2, 0.25) is 0 Å². The highest BCUT2D eigenvalue weighted by atomic mass is 35.5. The lowest BCUT2D eigenvalue weighted by atomic mass is 10.0. The van der Waals surface area contributed by atoms with Gasteiger partial charge in [0.05, 0.1) is 23.5 Å². The molecule has 1 aromatic heterocycles. The third kappa shape index (κ3) is 3.35. The highest BCUT2D eigenvalue weighted by Gasteiger charge is 2.16. The smallest absolute Gasteiger partial charge is 0.128 e. The van der Waals surface area contributed by atoms with E-state index in [4.69, 9.17) is 27.9 Å². The van der Waals surface area contributed by atoms with E-state index in [1.165, 1.54) is 0 Å². The van der Waals surface area contributed by atoms with Crippen LogP contribution in [0.5, 0.6) is 11.5 Å². The van der Waals surface area contributed by atoms with Gasteiger partial charge in [-0.1, -0.05) is 36.2 Å². The molecule has 0 aliphatic carbocycles. The van der Waals surface area contributed by atoms with E-state index in [1.807, 2.05) is 19.1 Å². The second-order valence-electron chi connectivity index (χ2n) is 5.31. The van der Waals surface area contributed by atoms with Crippen molar-refractivity contribution in [3.05, 3.63) is 52.6 Å². The summed E-state index contributed by atoms with van der Waals surface area (Å²) in [6, 6.07) is 10.5. The molecule has 0 aliphatic heterocycles. The summed E-state index contributed by atoms with van der Waals surface area (Å²) in [5.74, 6) is 0.739. The molecule has 1 heterocycles. The number of rotatable bonds is 5. The van der Waals surface area contributed by atoms with Crippen LogP contribution < -0.4 is 4.74 Å². The Morgan fingerprint density at radius 3 is 2.58 bits per heavy atom. The molecule has 0 atom stereocenters. The first kappa shape index (κ1) is 16.7. The van der Waals surface area contributed by atoms with Crippen molar-refractivity contribution in [2.45, 2.75) is 13.3 Å². The van der Waals surface area contributed by atoms with Crippen LogP contribution in [0.3, 0.4) is 0 Å². The molecule has 0 unspecified atom stereocenters. The summed E-state index contributed by atoms with van der Waals surface area (Å²) in [5, 5.41) is 18.5. The zero-order valence-corrected chi connectivity index (χ0v) is 14.5. The van der Waals surface area contributed by atoms with E-state index in [1.54, 1.807) is 30.5 Å². The van der Waals surface area contributed by atoms with Crippen molar-refractivity contribution in [2.75, 3.05) is 6.61 Å². The monoisotopic (exact) mass is 362 g/mol. The second-order valence-corrected chi connectivity index (χ2v) is 6.15. The predicted molar refractivity (Wildman–Crippen MR) is 96.9 cm³/mol. The maximum Gasteiger partial charge on any atom is 0.128 e. The number of ether oxygens (including phenoxy) is 1. The molecule has 0 saturated heterocycles. The van der Waals surface area contributed by atoms with Gasteiger partial charge in [-0.15, -0.1) is 0 Å². The molecule has 6 heteroatoms. The summed E-state index contributed by atoms with van der Waals surface area (Å²) < 4.78 is 5.53. The van der Waals surface area contributed by atoms with Crippen LogP contribution in [-0.2, 0) is 0 Å². The van der Waals surface area contributed by atoms with E-state index in [-0.39, 0.29) is 5.75 Å². The van der Waals surface area contributed by atoms with Gasteiger partial charge in [0.15, 0.2) is 0 Å². The van der Waals surface area contributed by atoms with Gasteiger partial charge in [0, 0.05) is 27.8 Å². The molecule has 2 aromatic carbocycles. The van der Waals surface area contributed by atoms with Crippen molar-refractivity contribution in [3.63, 3.8) is 0 Å². The molecular weight excluding hydrogens is 347 g/mol. The molecule has 24 heavy (non-hydrogen) atoms. The van der Waals surface area contributed by atoms with Gasteiger partial charge in [-0.05, 0) is 30.7 Å². The molecule has 0 radical (unpaired) electrons. The second kappa shape index (κ2) is 7.16. The van der Waals surface area contributed by atoms with Gasteiger partial charge in [-0.2, -0.15) is 5.10 Å². The molecule has 4 nitrogen and oxygen atoms in total. The minimum absolute atomic E-state index is 0.110. The zero-order chi connectivity index (χ0) is 17.1. The third-order valence-corrected chi connectivity index (χ3v) is 4.12. The minimum atomic E-state index is 0.110. The van der Waals surface area contributed by atoms with Gasteiger partial charge in [-0.25, -0.2) is 0 Å². The first-order valence-electron chi connectivity index (χ1n) is 7.55. The molecule has 0 bridgehead atoms. The van der Waals surface area contributed by atoms with Crippen LogP contribution in [0.15, 0.2) is 42.6 Å². The van der Waals surface area contributed by atoms with Crippen molar-refractivity contribution in [2.24, 2.45) is 0 Å². The summed E-state index contributed by atoms with van der Waals surface area (Å²) in [4.78, 5) is 0. The lowest BCUT2D eigenvalue weighted by Gasteiger charge is -2.10. The van der Waals surface area contributed by atoms with Crippen LogP contribution in [0.25, 0.3) is 22.4 Å². The van der Waals surface area contributed by atoms with E-state index in [2.05, 4.69) is 10.2 Å². The molecule has 2 N–H and O–H groups in total. The van der Waals surface area contributed by atoms with Gasteiger partial charge in [0.25, 0.3) is 0 Å². The topological polar surface area (TPSA) is 58.1 Å². The average Bonchev–Trinajstić information content (AvgIpc) is 3.02.